The first-order chi connectivity index (χ1) is 9.83. The zero-order chi connectivity index (χ0) is 15.5. The quantitative estimate of drug-likeness (QED) is 0.808. The predicted octanol–water partition coefficient (Wildman–Crippen LogP) is 5.02. The molecule has 0 aliphatic heterocycles. The predicted molar refractivity (Wildman–Crippen MR) is 79.1 cm³/mol. The maximum atomic E-state index is 12.2. The molecule has 1 aliphatic carbocycles. The summed E-state index contributed by atoms with van der Waals surface area (Å²) in [4.78, 5) is 0. The third-order valence-electron chi connectivity index (χ3n) is 3.83. The molecule has 1 aromatic rings. The second-order valence-corrected chi connectivity index (χ2v) is 6.50. The highest BCUT2D eigenvalue weighted by atomic mass is 79.9. The number of nitrogens with one attached hydrogen (secondary N) is 1. The highest BCUT2D eigenvalue weighted by Crippen LogP contribution is 2.31. The van der Waals surface area contributed by atoms with E-state index in [1.807, 2.05) is 0 Å². The number of halogens is 4. The summed E-state index contributed by atoms with van der Waals surface area (Å²) in [6.07, 6.45) is 0.135. The van der Waals surface area contributed by atoms with Crippen molar-refractivity contribution in [3.05, 3.63) is 28.2 Å². The standard InChI is InChI=1S/C15H19BrF3NO/c1-10-2-5-12(6-3-10)20-9-11-4-7-14(13(16)8-11)21-15(17,18)19/h4,7-8,10,12,20H,2-3,5-6,9H2,1H3. The minimum atomic E-state index is -4.67. The monoisotopic (exact) mass is 365 g/mol. The Morgan fingerprint density at radius 2 is 1.90 bits per heavy atom. The SMILES string of the molecule is CC1CCC(NCc2ccc(OC(F)(F)F)c(Br)c2)CC1. The largest absolute Gasteiger partial charge is 0.573 e. The molecule has 6 heteroatoms. The van der Waals surface area contributed by atoms with Gasteiger partial charge in [-0.3, -0.25) is 0 Å². The number of benzene rings is 1. The molecule has 21 heavy (non-hydrogen) atoms. The lowest BCUT2D eigenvalue weighted by Crippen LogP contribution is -2.32. The minimum absolute atomic E-state index is 0.210. The lowest BCUT2D eigenvalue weighted by molar-refractivity contribution is -0.274. The molecule has 0 saturated heterocycles. The summed E-state index contributed by atoms with van der Waals surface area (Å²) in [6.45, 7) is 2.93. The van der Waals surface area contributed by atoms with Crippen LogP contribution in [0.15, 0.2) is 22.7 Å². The summed E-state index contributed by atoms with van der Waals surface area (Å²) < 4.78 is 40.8. The Morgan fingerprint density at radius 3 is 2.48 bits per heavy atom. The second kappa shape index (κ2) is 7.01. The molecule has 0 aromatic heterocycles. The van der Waals surface area contributed by atoms with Crippen molar-refractivity contribution in [2.75, 3.05) is 0 Å². The molecule has 0 amide bonds. The van der Waals surface area contributed by atoms with Gasteiger partial charge in [0.1, 0.15) is 5.75 Å². The molecule has 0 unspecified atom stereocenters. The number of hydrogen-bond acceptors (Lipinski definition) is 2. The van der Waals surface area contributed by atoms with Crippen LogP contribution in [0.2, 0.25) is 0 Å². The second-order valence-electron chi connectivity index (χ2n) is 5.65. The van der Waals surface area contributed by atoms with Gasteiger partial charge >= 0.3 is 6.36 Å². The Hall–Kier alpha value is -0.750. The molecule has 1 N–H and O–H groups in total. The molecule has 1 aliphatic rings. The molecule has 1 fully saturated rings. The average molecular weight is 366 g/mol. The van der Waals surface area contributed by atoms with Gasteiger partial charge in [0.05, 0.1) is 4.47 Å². The Balaban J connectivity index is 1.88. The summed E-state index contributed by atoms with van der Waals surface area (Å²) in [5.41, 5.74) is 0.940. The lowest BCUT2D eigenvalue weighted by atomic mass is 9.87. The van der Waals surface area contributed by atoms with Gasteiger partial charge in [-0.1, -0.05) is 13.0 Å². The van der Waals surface area contributed by atoms with E-state index >= 15 is 0 Å². The fourth-order valence-electron chi connectivity index (χ4n) is 2.59. The van der Waals surface area contributed by atoms with E-state index < -0.39 is 6.36 Å². The molecule has 0 bridgehead atoms. The summed E-state index contributed by atoms with van der Waals surface area (Å²) in [5.74, 6) is 0.591. The molecule has 0 spiro atoms. The van der Waals surface area contributed by atoms with Gasteiger partial charge in [-0.05, 0) is 65.2 Å². The van der Waals surface area contributed by atoms with Crippen LogP contribution in [-0.2, 0) is 6.54 Å². The van der Waals surface area contributed by atoms with Gasteiger partial charge in [0.25, 0.3) is 0 Å². The summed E-state index contributed by atoms with van der Waals surface area (Å²) in [5, 5.41) is 3.47. The number of ether oxygens (including phenoxy) is 1. The third kappa shape index (κ3) is 5.51. The van der Waals surface area contributed by atoms with Gasteiger partial charge in [-0.2, -0.15) is 0 Å². The van der Waals surface area contributed by atoms with Crippen molar-refractivity contribution < 1.29 is 17.9 Å². The molecule has 1 aromatic carbocycles. The van der Waals surface area contributed by atoms with E-state index in [9.17, 15) is 13.2 Å². The van der Waals surface area contributed by atoms with Crippen LogP contribution in [0.5, 0.6) is 5.75 Å². The summed E-state index contributed by atoms with van der Waals surface area (Å²) in [6, 6.07) is 5.17. The molecule has 2 nitrogen and oxygen atoms in total. The smallest absolute Gasteiger partial charge is 0.405 e. The third-order valence-corrected chi connectivity index (χ3v) is 4.45. The Kier molecular flexibility index (Phi) is 5.54. The van der Waals surface area contributed by atoms with Crippen LogP contribution in [0.3, 0.4) is 0 Å². The van der Waals surface area contributed by atoms with E-state index in [4.69, 9.17) is 0 Å². The number of alkyl halides is 3. The van der Waals surface area contributed by atoms with Gasteiger partial charge in [-0.25, -0.2) is 0 Å². The van der Waals surface area contributed by atoms with Gasteiger partial charge in [0, 0.05) is 12.6 Å². The van der Waals surface area contributed by atoms with Crippen LogP contribution < -0.4 is 10.1 Å². The highest BCUT2D eigenvalue weighted by molar-refractivity contribution is 9.10. The molecule has 0 radical (unpaired) electrons. The first-order valence-electron chi connectivity index (χ1n) is 7.11. The molecule has 118 valence electrons. The van der Waals surface area contributed by atoms with E-state index in [0.717, 1.165) is 24.3 Å². The van der Waals surface area contributed by atoms with E-state index in [2.05, 4.69) is 32.9 Å². The van der Waals surface area contributed by atoms with Crippen molar-refractivity contribution in [1.29, 1.82) is 0 Å². The Bertz CT molecular complexity index is 470. The molecular formula is C15H19BrF3NO. The van der Waals surface area contributed by atoms with Gasteiger partial charge in [-0.15, -0.1) is 13.2 Å². The normalized spacial score (nSPS) is 23.1. The molecule has 1 saturated carbocycles. The summed E-state index contributed by atoms with van der Waals surface area (Å²) >= 11 is 3.12. The molecule has 2 rings (SSSR count). The van der Waals surface area contributed by atoms with Gasteiger partial charge in [0.15, 0.2) is 0 Å². The number of hydrogen-bond donors (Lipinski definition) is 1. The van der Waals surface area contributed by atoms with Crippen LogP contribution in [0, 0.1) is 5.92 Å². The molecular weight excluding hydrogens is 347 g/mol. The van der Waals surface area contributed by atoms with Gasteiger partial charge < -0.3 is 10.1 Å². The Morgan fingerprint density at radius 1 is 1.24 bits per heavy atom. The van der Waals surface area contributed by atoms with Gasteiger partial charge in [0.2, 0.25) is 0 Å². The zero-order valence-corrected chi connectivity index (χ0v) is 13.4. The van der Waals surface area contributed by atoms with Crippen LogP contribution >= 0.6 is 15.9 Å². The average Bonchev–Trinajstić information content (AvgIpc) is 2.40. The van der Waals surface area contributed by atoms with Crippen molar-refractivity contribution in [3.8, 4) is 5.75 Å². The number of rotatable bonds is 4. The van der Waals surface area contributed by atoms with Crippen LogP contribution in [0.4, 0.5) is 13.2 Å². The van der Waals surface area contributed by atoms with Crippen LogP contribution in [0.1, 0.15) is 38.2 Å². The lowest BCUT2D eigenvalue weighted by Gasteiger charge is -2.27. The molecule has 0 heterocycles. The first-order valence-corrected chi connectivity index (χ1v) is 7.90. The van der Waals surface area contributed by atoms with Crippen molar-refractivity contribution in [1.82, 2.24) is 5.32 Å². The van der Waals surface area contributed by atoms with Crippen LogP contribution in [0.25, 0.3) is 0 Å². The summed E-state index contributed by atoms with van der Waals surface area (Å²) in [7, 11) is 0. The van der Waals surface area contributed by atoms with Crippen molar-refractivity contribution in [2.45, 2.75) is 51.6 Å². The van der Waals surface area contributed by atoms with E-state index in [1.165, 1.54) is 18.9 Å². The maximum absolute atomic E-state index is 12.2. The Labute approximate surface area is 131 Å². The van der Waals surface area contributed by atoms with E-state index in [-0.39, 0.29) is 5.75 Å². The van der Waals surface area contributed by atoms with Crippen molar-refractivity contribution in [3.63, 3.8) is 0 Å². The zero-order valence-electron chi connectivity index (χ0n) is 11.8. The topological polar surface area (TPSA) is 21.3 Å². The minimum Gasteiger partial charge on any atom is -0.405 e. The van der Waals surface area contributed by atoms with E-state index in [0.29, 0.717) is 17.1 Å². The molecule has 0 atom stereocenters. The van der Waals surface area contributed by atoms with Crippen molar-refractivity contribution in [2.24, 2.45) is 5.92 Å². The highest BCUT2D eigenvalue weighted by Gasteiger charge is 2.31. The van der Waals surface area contributed by atoms with Crippen LogP contribution in [-0.4, -0.2) is 12.4 Å². The first kappa shape index (κ1) is 16.6. The fourth-order valence-corrected chi connectivity index (χ4v) is 3.10. The fraction of sp³-hybridized carbons (Fsp3) is 0.600. The van der Waals surface area contributed by atoms with Crippen molar-refractivity contribution >= 4 is 15.9 Å². The van der Waals surface area contributed by atoms with E-state index in [1.54, 1.807) is 12.1 Å². The maximum Gasteiger partial charge on any atom is 0.573 e.